The maximum atomic E-state index is 4.59. The van der Waals surface area contributed by atoms with Gasteiger partial charge in [-0.1, -0.05) is 0 Å². The number of aromatic nitrogens is 2. The fourth-order valence-corrected chi connectivity index (χ4v) is 2.67. The zero-order valence-corrected chi connectivity index (χ0v) is 10.5. The molecule has 3 nitrogen and oxygen atoms in total. The summed E-state index contributed by atoms with van der Waals surface area (Å²) in [6.45, 7) is 4.20. The highest BCUT2D eigenvalue weighted by Gasteiger charge is 2.13. The molecule has 0 saturated carbocycles. The number of nitrogens with one attached hydrogen (secondary N) is 1. The van der Waals surface area contributed by atoms with Crippen molar-refractivity contribution in [1.29, 1.82) is 0 Å². The van der Waals surface area contributed by atoms with E-state index >= 15 is 0 Å². The van der Waals surface area contributed by atoms with Gasteiger partial charge in [0.25, 0.3) is 0 Å². The molecular weight excluding hydrogens is 218 g/mol. The summed E-state index contributed by atoms with van der Waals surface area (Å²) in [6.07, 6.45) is 3.63. The highest BCUT2D eigenvalue weighted by Crippen LogP contribution is 2.30. The minimum Gasteiger partial charge on any atom is -0.312 e. The van der Waals surface area contributed by atoms with E-state index in [-0.39, 0.29) is 0 Å². The predicted octanol–water partition coefficient (Wildman–Crippen LogP) is 2.79. The fourth-order valence-electron chi connectivity index (χ4n) is 1.55. The quantitative estimate of drug-likeness (QED) is 0.885. The number of hydrogen-bond acceptors (Lipinski definition) is 4. The first-order valence-electron chi connectivity index (χ1n) is 5.27. The summed E-state index contributed by atoms with van der Waals surface area (Å²) in [7, 11) is 1.97. The van der Waals surface area contributed by atoms with Gasteiger partial charge in [-0.3, -0.25) is 4.98 Å². The Morgan fingerprint density at radius 3 is 2.88 bits per heavy atom. The number of rotatable bonds is 3. The van der Waals surface area contributed by atoms with E-state index in [2.05, 4.69) is 29.1 Å². The number of aryl methyl sites for hydroxylation is 1. The van der Waals surface area contributed by atoms with Gasteiger partial charge in [-0.15, -0.1) is 11.3 Å². The summed E-state index contributed by atoms with van der Waals surface area (Å²) in [5, 5.41) is 4.29. The van der Waals surface area contributed by atoms with Crippen LogP contribution in [0.5, 0.6) is 0 Å². The monoisotopic (exact) mass is 233 g/mol. The summed E-state index contributed by atoms with van der Waals surface area (Å²) < 4.78 is 0. The molecule has 0 radical (unpaired) electrons. The van der Waals surface area contributed by atoms with Gasteiger partial charge >= 0.3 is 0 Å². The van der Waals surface area contributed by atoms with E-state index in [1.165, 1.54) is 4.88 Å². The lowest BCUT2D eigenvalue weighted by molar-refractivity contribution is 0.658. The van der Waals surface area contributed by atoms with Gasteiger partial charge in [-0.2, -0.15) is 0 Å². The van der Waals surface area contributed by atoms with Crippen molar-refractivity contribution in [3.8, 4) is 10.6 Å². The molecule has 0 spiro atoms. The van der Waals surface area contributed by atoms with E-state index < -0.39 is 0 Å². The van der Waals surface area contributed by atoms with Gasteiger partial charge < -0.3 is 5.32 Å². The summed E-state index contributed by atoms with van der Waals surface area (Å²) in [4.78, 5) is 10.00. The maximum Gasteiger partial charge on any atom is 0.125 e. The van der Waals surface area contributed by atoms with Crippen molar-refractivity contribution >= 4 is 11.3 Å². The molecular formula is C12H15N3S. The van der Waals surface area contributed by atoms with Crippen molar-refractivity contribution in [2.24, 2.45) is 0 Å². The van der Waals surface area contributed by atoms with E-state index in [4.69, 9.17) is 0 Å². The van der Waals surface area contributed by atoms with Crippen molar-refractivity contribution in [2.45, 2.75) is 19.9 Å². The van der Waals surface area contributed by atoms with Gasteiger partial charge in [0, 0.05) is 28.9 Å². The molecule has 0 fully saturated rings. The van der Waals surface area contributed by atoms with Crippen LogP contribution in [0.15, 0.2) is 24.5 Å². The molecule has 1 N–H and O–H groups in total. The molecule has 2 aromatic rings. The second-order valence-electron chi connectivity index (χ2n) is 3.72. The Kier molecular flexibility index (Phi) is 3.31. The van der Waals surface area contributed by atoms with Crippen LogP contribution in [-0.2, 0) is 0 Å². The van der Waals surface area contributed by atoms with Gasteiger partial charge in [-0.25, -0.2) is 4.98 Å². The SMILES string of the molecule is CNC(C)c1sc(-c2cccnc2)nc1C. The Hall–Kier alpha value is -1.26. The Morgan fingerprint density at radius 1 is 1.44 bits per heavy atom. The molecule has 2 rings (SSSR count). The molecule has 0 bridgehead atoms. The lowest BCUT2D eigenvalue weighted by Gasteiger charge is -2.06. The third-order valence-electron chi connectivity index (χ3n) is 2.57. The van der Waals surface area contributed by atoms with Gasteiger partial charge in [0.1, 0.15) is 5.01 Å². The molecule has 84 valence electrons. The predicted molar refractivity (Wildman–Crippen MR) is 67.6 cm³/mol. The van der Waals surface area contributed by atoms with Crippen LogP contribution < -0.4 is 5.32 Å². The van der Waals surface area contributed by atoms with E-state index in [0.717, 1.165) is 16.3 Å². The molecule has 16 heavy (non-hydrogen) atoms. The standard InChI is InChI=1S/C12H15N3S/c1-8(13-3)11-9(2)15-12(16-11)10-5-4-6-14-7-10/h4-8,13H,1-3H3. The van der Waals surface area contributed by atoms with Crippen molar-refractivity contribution in [1.82, 2.24) is 15.3 Å². The second-order valence-corrected chi connectivity index (χ2v) is 4.75. The normalized spacial score (nSPS) is 12.7. The maximum absolute atomic E-state index is 4.59. The highest BCUT2D eigenvalue weighted by atomic mass is 32.1. The van der Waals surface area contributed by atoms with Gasteiger partial charge in [0.15, 0.2) is 0 Å². The topological polar surface area (TPSA) is 37.8 Å². The van der Waals surface area contributed by atoms with Crippen molar-refractivity contribution in [3.63, 3.8) is 0 Å². The van der Waals surface area contributed by atoms with Crippen LogP contribution in [0.25, 0.3) is 10.6 Å². The molecule has 1 unspecified atom stereocenters. The van der Waals surface area contributed by atoms with Crippen LogP contribution in [0.1, 0.15) is 23.5 Å². The van der Waals surface area contributed by atoms with Crippen LogP contribution in [0, 0.1) is 6.92 Å². The number of pyridine rings is 1. The molecule has 0 aliphatic rings. The summed E-state index contributed by atoms with van der Waals surface area (Å²) in [6, 6.07) is 4.33. The van der Waals surface area contributed by atoms with Crippen LogP contribution in [0.3, 0.4) is 0 Å². The van der Waals surface area contributed by atoms with Crippen molar-refractivity contribution in [2.75, 3.05) is 7.05 Å². The average Bonchev–Trinajstić information content (AvgIpc) is 2.71. The summed E-state index contributed by atoms with van der Waals surface area (Å²) in [5.41, 5.74) is 2.19. The molecule has 1 atom stereocenters. The molecule has 2 heterocycles. The van der Waals surface area contributed by atoms with Crippen molar-refractivity contribution < 1.29 is 0 Å². The smallest absolute Gasteiger partial charge is 0.125 e. The zero-order valence-electron chi connectivity index (χ0n) is 9.69. The van der Waals surface area contributed by atoms with Gasteiger partial charge in [0.2, 0.25) is 0 Å². The van der Waals surface area contributed by atoms with E-state index in [1.807, 2.05) is 25.4 Å². The van der Waals surface area contributed by atoms with Crippen LogP contribution in [0.4, 0.5) is 0 Å². The lowest BCUT2D eigenvalue weighted by Crippen LogP contribution is -2.11. The van der Waals surface area contributed by atoms with Gasteiger partial charge in [0.05, 0.1) is 5.69 Å². The molecule has 0 aromatic carbocycles. The van der Waals surface area contributed by atoms with Crippen LogP contribution in [-0.4, -0.2) is 17.0 Å². The Bertz CT molecular complexity index is 464. The highest BCUT2D eigenvalue weighted by molar-refractivity contribution is 7.15. The van der Waals surface area contributed by atoms with E-state index in [0.29, 0.717) is 6.04 Å². The van der Waals surface area contributed by atoms with E-state index in [9.17, 15) is 0 Å². The Labute approximate surface area is 99.6 Å². The minimum absolute atomic E-state index is 0.350. The molecule has 2 aromatic heterocycles. The molecule has 0 aliphatic carbocycles. The number of hydrogen-bond donors (Lipinski definition) is 1. The molecule has 4 heteroatoms. The van der Waals surface area contributed by atoms with E-state index in [1.54, 1.807) is 17.5 Å². The number of nitrogens with zero attached hydrogens (tertiary/aromatic N) is 2. The third-order valence-corrected chi connectivity index (χ3v) is 3.96. The van der Waals surface area contributed by atoms with Crippen LogP contribution >= 0.6 is 11.3 Å². The van der Waals surface area contributed by atoms with Gasteiger partial charge in [-0.05, 0) is 33.0 Å². The first-order valence-corrected chi connectivity index (χ1v) is 6.09. The Balaban J connectivity index is 2.38. The molecule has 0 amide bonds. The average molecular weight is 233 g/mol. The van der Waals surface area contributed by atoms with Crippen LogP contribution in [0.2, 0.25) is 0 Å². The first-order chi connectivity index (χ1) is 7.72. The third kappa shape index (κ3) is 2.13. The lowest BCUT2D eigenvalue weighted by atomic mass is 10.2. The van der Waals surface area contributed by atoms with Crippen molar-refractivity contribution in [3.05, 3.63) is 35.1 Å². The second kappa shape index (κ2) is 4.72. The largest absolute Gasteiger partial charge is 0.312 e. The number of thiazole rings is 1. The first kappa shape index (κ1) is 11.2. The fraction of sp³-hybridized carbons (Fsp3) is 0.333. The minimum atomic E-state index is 0.350. The summed E-state index contributed by atoms with van der Waals surface area (Å²) >= 11 is 1.73. The summed E-state index contributed by atoms with van der Waals surface area (Å²) in [5.74, 6) is 0. The zero-order chi connectivity index (χ0) is 11.5. The molecule has 0 aliphatic heterocycles. The Morgan fingerprint density at radius 2 is 2.25 bits per heavy atom. The molecule has 0 saturated heterocycles.